The van der Waals surface area contributed by atoms with Gasteiger partial charge < -0.3 is 30.1 Å². The van der Waals surface area contributed by atoms with Crippen LogP contribution in [0.2, 0.25) is 5.02 Å². The summed E-state index contributed by atoms with van der Waals surface area (Å²) < 4.78 is 5.65. The fourth-order valence-corrected chi connectivity index (χ4v) is 8.46. The molecule has 0 unspecified atom stereocenters. The van der Waals surface area contributed by atoms with E-state index in [1.54, 1.807) is 12.4 Å². The van der Waals surface area contributed by atoms with Crippen LogP contribution in [0.1, 0.15) is 78.8 Å². The second-order valence-electron chi connectivity index (χ2n) is 14.7. The van der Waals surface area contributed by atoms with Gasteiger partial charge in [0.05, 0.1) is 23.4 Å². The lowest BCUT2D eigenvalue weighted by Gasteiger charge is -2.46. The van der Waals surface area contributed by atoms with E-state index in [0.29, 0.717) is 40.5 Å². The molecule has 0 radical (unpaired) electrons. The Morgan fingerprint density at radius 3 is 2.27 bits per heavy atom. The maximum atomic E-state index is 12.8. The first-order valence-electron chi connectivity index (χ1n) is 15.7. The molecule has 1 atom stereocenters. The molecule has 4 fully saturated rings. The number of nitrogens with one attached hydrogen (secondary N) is 1. The molecule has 4 aliphatic rings. The van der Waals surface area contributed by atoms with E-state index in [9.17, 15) is 15.0 Å². The summed E-state index contributed by atoms with van der Waals surface area (Å²) in [7, 11) is 0. The van der Waals surface area contributed by atoms with Crippen LogP contribution < -0.4 is 15.1 Å². The lowest BCUT2D eigenvalue weighted by atomic mass is 9.72. The molecule has 0 bridgehead atoms. The molecule has 4 heterocycles. The Morgan fingerprint density at radius 1 is 1.05 bits per heavy atom. The number of alkyl carbamates (subject to hydrolysis) is 1. The van der Waals surface area contributed by atoms with E-state index in [4.69, 9.17) is 26.3 Å². The van der Waals surface area contributed by atoms with E-state index in [2.05, 4.69) is 20.1 Å². The quantitative estimate of drug-likeness (QED) is 0.359. The van der Waals surface area contributed by atoms with E-state index in [1.165, 1.54) is 24.6 Å². The van der Waals surface area contributed by atoms with Crippen LogP contribution in [0.3, 0.4) is 0 Å². The van der Waals surface area contributed by atoms with E-state index in [0.717, 1.165) is 43.7 Å². The number of aliphatic hydroxyl groups excluding tert-OH is 1. The zero-order valence-electron chi connectivity index (χ0n) is 26.4. The number of amides is 1. The minimum absolute atomic E-state index is 0.0473. The molecule has 2 saturated heterocycles. The number of hydrogen-bond donors (Lipinski definition) is 3. The van der Waals surface area contributed by atoms with Gasteiger partial charge >= 0.3 is 6.09 Å². The van der Waals surface area contributed by atoms with E-state index < -0.39 is 11.2 Å². The lowest BCUT2D eigenvalue weighted by molar-refractivity contribution is 0.00436. The van der Waals surface area contributed by atoms with Crippen molar-refractivity contribution in [2.24, 2.45) is 16.7 Å². The number of piperidine rings is 1. The third-order valence-corrected chi connectivity index (χ3v) is 11.6. The van der Waals surface area contributed by atoms with Crippen LogP contribution in [-0.2, 0) is 11.3 Å². The minimum Gasteiger partial charge on any atom is -0.444 e. The Kier molecular flexibility index (Phi) is 8.25. The highest BCUT2D eigenvalue weighted by atomic mass is 35.5. The maximum Gasteiger partial charge on any atom is 0.407 e. The number of hydrogen-bond acceptors (Lipinski definition) is 10. The first-order chi connectivity index (χ1) is 20.7. The van der Waals surface area contributed by atoms with Crippen molar-refractivity contribution in [1.82, 2.24) is 20.3 Å². The molecule has 0 aromatic carbocycles. The normalized spacial score (nSPS) is 22.8. The van der Waals surface area contributed by atoms with Gasteiger partial charge in [0.1, 0.15) is 22.1 Å². The van der Waals surface area contributed by atoms with Crippen molar-refractivity contribution >= 4 is 41.1 Å². The fraction of sp³-hybridized carbons (Fsp3) is 0.688. The molecule has 2 aromatic heterocycles. The van der Waals surface area contributed by atoms with E-state index in [-0.39, 0.29) is 35.5 Å². The Bertz CT molecular complexity index is 1390. The van der Waals surface area contributed by atoms with Crippen LogP contribution >= 0.6 is 23.4 Å². The Morgan fingerprint density at radius 2 is 1.68 bits per heavy atom. The summed E-state index contributed by atoms with van der Waals surface area (Å²) in [6, 6.07) is 1.99. The van der Waals surface area contributed by atoms with Crippen LogP contribution in [0.4, 0.5) is 16.4 Å². The summed E-state index contributed by atoms with van der Waals surface area (Å²) in [4.78, 5) is 32.0. The second-order valence-corrected chi connectivity index (χ2v) is 16.2. The number of halogens is 1. The zero-order chi connectivity index (χ0) is 31.5. The van der Waals surface area contributed by atoms with Crippen molar-refractivity contribution in [2.75, 3.05) is 36.0 Å². The van der Waals surface area contributed by atoms with Gasteiger partial charge in [0.2, 0.25) is 0 Å². The molecule has 2 aliphatic carbocycles. The SMILES string of the molecule is CC(C)(C)OC(=O)N[C@H]1C2(CCN(c3ncc(Sc4ccnc(N5CC(C(C)(C)O)C5)c4Cl)nc3CO)CC2)CCC12CC2. The average molecular weight is 645 g/mol. The van der Waals surface area contributed by atoms with Crippen molar-refractivity contribution in [3.8, 4) is 0 Å². The smallest absolute Gasteiger partial charge is 0.407 e. The predicted molar refractivity (Wildman–Crippen MR) is 171 cm³/mol. The van der Waals surface area contributed by atoms with Gasteiger partial charge in [-0.1, -0.05) is 23.4 Å². The molecule has 44 heavy (non-hydrogen) atoms. The summed E-state index contributed by atoms with van der Waals surface area (Å²) in [5, 5.41) is 25.1. The number of aromatic nitrogens is 3. The number of anilines is 2. The van der Waals surface area contributed by atoms with Crippen molar-refractivity contribution < 1.29 is 19.7 Å². The highest BCUT2D eigenvalue weighted by Gasteiger charge is 2.63. The summed E-state index contributed by atoms with van der Waals surface area (Å²) >= 11 is 8.19. The van der Waals surface area contributed by atoms with Gasteiger partial charge in [-0.05, 0) is 90.0 Å². The van der Waals surface area contributed by atoms with Gasteiger partial charge in [0, 0.05) is 49.2 Å². The number of ether oxygens (including phenoxy) is 1. The van der Waals surface area contributed by atoms with Crippen LogP contribution in [0, 0.1) is 16.7 Å². The van der Waals surface area contributed by atoms with E-state index >= 15 is 0 Å². The second kappa shape index (κ2) is 11.5. The molecular formula is C32H45ClN6O4S. The standard InChI is InChI=1S/C32H45ClN6O4S/c1-29(2,3)43-28(41)37-27-31(7-8-31)9-10-32(27)11-14-38(15-12-32)25-21(19-40)36-23(16-35-25)44-22-6-13-34-26(24(22)33)39-17-20(18-39)30(4,5)42/h6,13,16,20,27,40,42H,7-12,14-15,17-19H2,1-5H3,(H,37,41)/t27-/m1/s1. The minimum atomic E-state index is -0.739. The molecule has 2 aliphatic heterocycles. The van der Waals surface area contributed by atoms with Crippen molar-refractivity contribution in [3.63, 3.8) is 0 Å². The topological polar surface area (TPSA) is 124 Å². The number of pyridine rings is 1. The molecule has 2 saturated carbocycles. The van der Waals surface area contributed by atoms with Crippen LogP contribution in [0.5, 0.6) is 0 Å². The molecule has 1 amide bonds. The molecular weight excluding hydrogens is 600 g/mol. The largest absolute Gasteiger partial charge is 0.444 e. The number of rotatable bonds is 7. The summed E-state index contributed by atoms with van der Waals surface area (Å²) in [5.74, 6) is 1.58. The lowest BCUT2D eigenvalue weighted by Crippen LogP contribution is -2.56. The molecule has 12 heteroatoms. The Balaban J connectivity index is 1.12. The van der Waals surface area contributed by atoms with Gasteiger partial charge in [-0.3, -0.25) is 0 Å². The summed E-state index contributed by atoms with van der Waals surface area (Å²) in [6.07, 6.45) is 9.65. The summed E-state index contributed by atoms with van der Waals surface area (Å²) in [6.45, 7) is 12.1. The third-order valence-electron chi connectivity index (χ3n) is 10.1. The van der Waals surface area contributed by atoms with Gasteiger partial charge in [0.15, 0.2) is 5.82 Å². The Hall–Kier alpha value is -2.34. The van der Waals surface area contributed by atoms with Crippen LogP contribution in [0.25, 0.3) is 0 Å². The van der Waals surface area contributed by atoms with Crippen LogP contribution in [-0.4, -0.2) is 74.7 Å². The number of aliphatic hydroxyl groups is 2. The number of carbonyl (C=O) groups excluding carboxylic acids is 1. The predicted octanol–water partition coefficient (Wildman–Crippen LogP) is 5.43. The van der Waals surface area contributed by atoms with Crippen LogP contribution in [0.15, 0.2) is 28.4 Å². The molecule has 240 valence electrons. The fourth-order valence-electron chi connectivity index (χ4n) is 7.32. The van der Waals surface area contributed by atoms with Gasteiger partial charge in [-0.2, -0.15) is 0 Å². The highest BCUT2D eigenvalue weighted by molar-refractivity contribution is 7.99. The first kappa shape index (κ1) is 31.6. The molecule has 2 aromatic rings. The number of nitrogens with zero attached hydrogens (tertiary/aromatic N) is 5. The molecule has 10 nitrogen and oxygen atoms in total. The monoisotopic (exact) mass is 644 g/mol. The molecule has 6 rings (SSSR count). The van der Waals surface area contributed by atoms with Crippen molar-refractivity contribution in [3.05, 3.63) is 29.2 Å². The van der Waals surface area contributed by atoms with Crippen molar-refractivity contribution in [2.45, 2.75) is 107 Å². The Labute approximate surface area is 269 Å². The first-order valence-corrected chi connectivity index (χ1v) is 16.9. The maximum absolute atomic E-state index is 12.8. The summed E-state index contributed by atoms with van der Waals surface area (Å²) in [5.41, 5.74) is -0.459. The van der Waals surface area contributed by atoms with Gasteiger partial charge in [-0.15, -0.1) is 0 Å². The molecule has 3 N–H and O–H groups in total. The van der Waals surface area contributed by atoms with Gasteiger partial charge in [0.25, 0.3) is 0 Å². The molecule has 2 spiro atoms. The highest BCUT2D eigenvalue weighted by Crippen LogP contribution is 2.66. The van der Waals surface area contributed by atoms with Crippen molar-refractivity contribution in [1.29, 1.82) is 0 Å². The van der Waals surface area contributed by atoms with Gasteiger partial charge in [-0.25, -0.2) is 19.7 Å². The third kappa shape index (κ3) is 6.22. The van der Waals surface area contributed by atoms with E-state index in [1.807, 2.05) is 40.7 Å². The average Bonchev–Trinajstić information content (AvgIpc) is 3.66. The zero-order valence-corrected chi connectivity index (χ0v) is 28.0. The number of carbonyl (C=O) groups is 1.